The van der Waals surface area contributed by atoms with Crippen LogP contribution >= 0.6 is 0 Å². The molecule has 1 heterocycles. The molecule has 256 valence electrons. The number of rotatable bonds is 14. The number of carbonyl (C=O) groups is 3. The highest BCUT2D eigenvalue weighted by molar-refractivity contribution is 5.98. The number of benzene rings is 4. The number of hydrogen-bond acceptors (Lipinski definition) is 5. The second kappa shape index (κ2) is 16.8. The van der Waals surface area contributed by atoms with Crippen molar-refractivity contribution in [2.75, 3.05) is 6.54 Å². The van der Waals surface area contributed by atoms with E-state index in [9.17, 15) is 18.8 Å². The van der Waals surface area contributed by atoms with E-state index >= 15 is 0 Å². The Labute approximate surface area is 290 Å². The summed E-state index contributed by atoms with van der Waals surface area (Å²) < 4.78 is 13.6. The molecule has 3 amide bonds. The van der Waals surface area contributed by atoms with E-state index < -0.39 is 17.8 Å². The van der Waals surface area contributed by atoms with Crippen molar-refractivity contribution < 1.29 is 18.8 Å². The predicted molar refractivity (Wildman–Crippen MR) is 192 cm³/mol. The van der Waals surface area contributed by atoms with Crippen LogP contribution in [-0.4, -0.2) is 46.2 Å². The zero-order valence-electron chi connectivity index (χ0n) is 27.8. The third-order valence-corrected chi connectivity index (χ3v) is 8.28. The van der Waals surface area contributed by atoms with E-state index in [1.165, 1.54) is 24.3 Å². The van der Waals surface area contributed by atoms with E-state index in [1.54, 1.807) is 47.6 Å². The van der Waals surface area contributed by atoms with Gasteiger partial charge in [0.15, 0.2) is 5.96 Å². The van der Waals surface area contributed by atoms with Crippen molar-refractivity contribution in [3.05, 3.63) is 149 Å². The van der Waals surface area contributed by atoms with Gasteiger partial charge < -0.3 is 27.0 Å². The molecule has 4 aromatic carbocycles. The van der Waals surface area contributed by atoms with Crippen LogP contribution in [0.2, 0.25) is 0 Å². The number of pyridine rings is 1. The molecule has 11 heteroatoms. The molecular weight excluding hydrogens is 633 g/mol. The number of carbonyl (C=O) groups excluding carboxylic acids is 3. The lowest BCUT2D eigenvalue weighted by molar-refractivity contribution is -0.123. The SMILES string of the molecule is C[C@H](NC(=O)[C@H](CCCN=C(N)N)NC(=O)c1ccc(CN(Cc2cccnc2)C(=O)c2ccc(F)cc2)cc1)c1cccc2ccccc12. The van der Waals surface area contributed by atoms with E-state index in [4.69, 9.17) is 11.5 Å². The van der Waals surface area contributed by atoms with Crippen LogP contribution in [-0.2, 0) is 17.9 Å². The molecule has 50 heavy (non-hydrogen) atoms. The van der Waals surface area contributed by atoms with Crippen molar-refractivity contribution in [3.8, 4) is 0 Å². The summed E-state index contributed by atoms with van der Waals surface area (Å²) in [6.45, 7) is 2.73. The Morgan fingerprint density at radius 3 is 2.24 bits per heavy atom. The first-order valence-electron chi connectivity index (χ1n) is 16.3. The summed E-state index contributed by atoms with van der Waals surface area (Å²) in [6, 6.07) is 28.7. The molecule has 0 saturated carbocycles. The van der Waals surface area contributed by atoms with Crippen molar-refractivity contribution in [3.63, 3.8) is 0 Å². The van der Waals surface area contributed by atoms with Gasteiger partial charge in [0, 0.05) is 43.2 Å². The molecule has 0 aliphatic heterocycles. The Bertz CT molecular complexity index is 1940. The summed E-state index contributed by atoms with van der Waals surface area (Å²) in [5, 5.41) is 8.06. The molecule has 0 radical (unpaired) electrons. The van der Waals surface area contributed by atoms with Crippen LogP contribution in [0.15, 0.2) is 121 Å². The first kappa shape index (κ1) is 35.2. The molecule has 2 atom stereocenters. The van der Waals surface area contributed by atoms with Gasteiger partial charge >= 0.3 is 0 Å². The number of nitrogens with two attached hydrogens (primary N) is 2. The monoisotopic (exact) mass is 673 g/mol. The minimum Gasteiger partial charge on any atom is -0.370 e. The largest absolute Gasteiger partial charge is 0.370 e. The van der Waals surface area contributed by atoms with Gasteiger partial charge in [-0.2, -0.15) is 0 Å². The lowest BCUT2D eigenvalue weighted by atomic mass is 9.99. The number of fused-ring (bicyclic) bond motifs is 1. The van der Waals surface area contributed by atoms with E-state index in [-0.39, 0.29) is 36.9 Å². The lowest BCUT2D eigenvalue weighted by Crippen LogP contribution is -2.47. The maximum absolute atomic E-state index is 13.6. The van der Waals surface area contributed by atoms with Crippen molar-refractivity contribution in [2.24, 2.45) is 16.5 Å². The smallest absolute Gasteiger partial charge is 0.254 e. The molecule has 0 aliphatic carbocycles. The van der Waals surface area contributed by atoms with Gasteiger partial charge in [-0.25, -0.2) is 4.39 Å². The van der Waals surface area contributed by atoms with E-state index in [1.807, 2.05) is 55.5 Å². The van der Waals surface area contributed by atoms with Crippen molar-refractivity contribution >= 4 is 34.5 Å². The first-order valence-corrected chi connectivity index (χ1v) is 16.3. The average molecular weight is 674 g/mol. The van der Waals surface area contributed by atoms with Crippen molar-refractivity contribution in [2.45, 2.75) is 44.9 Å². The minimum atomic E-state index is -0.850. The predicted octanol–water partition coefficient (Wildman–Crippen LogP) is 5.25. The van der Waals surface area contributed by atoms with E-state index in [2.05, 4.69) is 20.6 Å². The van der Waals surface area contributed by atoms with Gasteiger partial charge in [0.05, 0.1) is 6.04 Å². The van der Waals surface area contributed by atoms with Crippen LogP contribution in [0.5, 0.6) is 0 Å². The Balaban J connectivity index is 1.29. The van der Waals surface area contributed by atoms with Crippen LogP contribution in [0.1, 0.15) is 63.2 Å². The summed E-state index contributed by atoms with van der Waals surface area (Å²) in [5.74, 6) is -1.50. The molecule has 10 nitrogen and oxygen atoms in total. The first-order chi connectivity index (χ1) is 24.2. The molecule has 0 saturated heterocycles. The maximum Gasteiger partial charge on any atom is 0.254 e. The van der Waals surface area contributed by atoms with E-state index in [0.29, 0.717) is 30.5 Å². The fourth-order valence-electron chi connectivity index (χ4n) is 5.70. The molecule has 6 N–H and O–H groups in total. The number of hydrogen-bond donors (Lipinski definition) is 4. The van der Waals surface area contributed by atoms with Gasteiger partial charge in [-0.15, -0.1) is 0 Å². The highest BCUT2D eigenvalue weighted by atomic mass is 19.1. The molecule has 0 fully saturated rings. The highest BCUT2D eigenvalue weighted by Crippen LogP contribution is 2.24. The highest BCUT2D eigenvalue weighted by Gasteiger charge is 2.24. The van der Waals surface area contributed by atoms with Gasteiger partial charge in [-0.05, 0) is 89.7 Å². The van der Waals surface area contributed by atoms with Crippen LogP contribution < -0.4 is 22.1 Å². The normalized spacial score (nSPS) is 12.0. The fourth-order valence-corrected chi connectivity index (χ4v) is 5.70. The second-order valence-electron chi connectivity index (χ2n) is 12.0. The quantitative estimate of drug-likeness (QED) is 0.0718. The Morgan fingerprint density at radius 1 is 0.820 bits per heavy atom. The van der Waals surface area contributed by atoms with Gasteiger partial charge in [0.2, 0.25) is 5.91 Å². The molecule has 5 rings (SSSR count). The molecule has 0 spiro atoms. The summed E-state index contributed by atoms with van der Waals surface area (Å²) in [6.07, 6.45) is 4.12. The summed E-state index contributed by atoms with van der Waals surface area (Å²) in [5.41, 5.74) is 14.2. The Hall–Kier alpha value is -6.10. The van der Waals surface area contributed by atoms with Gasteiger partial charge in [-0.1, -0.05) is 60.7 Å². The number of guanidine groups is 1. The summed E-state index contributed by atoms with van der Waals surface area (Å²) in [4.78, 5) is 50.3. The van der Waals surface area contributed by atoms with Crippen molar-refractivity contribution in [1.29, 1.82) is 0 Å². The van der Waals surface area contributed by atoms with Gasteiger partial charge in [-0.3, -0.25) is 24.4 Å². The number of aliphatic imine (C=N–C) groups is 1. The average Bonchev–Trinajstić information content (AvgIpc) is 3.12. The third-order valence-electron chi connectivity index (χ3n) is 8.28. The number of nitrogens with zero attached hydrogens (tertiary/aromatic N) is 3. The zero-order chi connectivity index (χ0) is 35.5. The number of aromatic nitrogens is 1. The number of halogens is 1. The molecule has 5 aromatic rings. The lowest BCUT2D eigenvalue weighted by Gasteiger charge is -2.24. The van der Waals surface area contributed by atoms with E-state index in [0.717, 1.165) is 27.5 Å². The number of nitrogens with one attached hydrogen (secondary N) is 2. The summed E-state index contributed by atoms with van der Waals surface area (Å²) >= 11 is 0. The number of amides is 3. The molecule has 0 aliphatic rings. The molecular formula is C39H40FN7O3. The topological polar surface area (TPSA) is 156 Å². The zero-order valence-corrected chi connectivity index (χ0v) is 27.8. The second-order valence-corrected chi connectivity index (χ2v) is 12.0. The Kier molecular flexibility index (Phi) is 11.9. The van der Waals surface area contributed by atoms with Crippen LogP contribution in [0.25, 0.3) is 10.8 Å². The van der Waals surface area contributed by atoms with Crippen molar-refractivity contribution in [1.82, 2.24) is 20.5 Å². The summed E-state index contributed by atoms with van der Waals surface area (Å²) in [7, 11) is 0. The standard InChI is InChI=1S/C39H40FN7O3/c1-26(33-11-4-9-29-8-2-3-10-34(29)33)45-37(49)35(12-6-22-44-39(41)42)46-36(48)30-15-13-27(14-16-30)24-47(25-28-7-5-21-43-23-28)38(50)31-17-19-32(40)20-18-31/h2-5,7-11,13-21,23,26,35H,6,12,22,24-25H2,1H3,(H,45,49)(H,46,48)(H4,41,42,44)/t26-,35-/m0/s1. The minimum absolute atomic E-state index is 0.0435. The van der Waals surface area contributed by atoms with Crippen LogP contribution in [0.3, 0.4) is 0 Å². The third kappa shape index (κ3) is 9.50. The molecule has 1 aromatic heterocycles. The molecule has 0 unspecified atom stereocenters. The fraction of sp³-hybridized carbons (Fsp3) is 0.205. The molecule has 0 bridgehead atoms. The van der Waals surface area contributed by atoms with Crippen LogP contribution in [0, 0.1) is 5.82 Å². The Morgan fingerprint density at radius 2 is 1.52 bits per heavy atom. The van der Waals surface area contributed by atoms with Gasteiger partial charge in [0.1, 0.15) is 11.9 Å². The van der Waals surface area contributed by atoms with Gasteiger partial charge in [0.25, 0.3) is 11.8 Å². The van der Waals surface area contributed by atoms with Crippen LogP contribution in [0.4, 0.5) is 4.39 Å². The maximum atomic E-state index is 13.6.